The van der Waals surface area contributed by atoms with Crippen molar-refractivity contribution in [3.8, 4) is 28.0 Å². The zero-order valence-corrected chi connectivity index (χ0v) is 19.2. The minimum Gasteiger partial charge on any atom is -0.496 e. The van der Waals surface area contributed by atoms with Crippen molar-refractivity contribution in [1.82, 2.24) is 19.8 Å². The van der Waals surface area contributed by atoms with Gasteiger partial charge in [-0.25, -0.2) is 9.37 Å². The number of pyridine rings is 1. The lowest BCUT2D eigenvalue weighted by Crippen LogP contribution is -2.33. The van der Waals surface area contributed by atoms with Gasteiger partial charge in [-0.1, -0.05) is 18.2 Å². The van der Waals surface area contributed by atoms with Crippen LogP contribution in [0.25, 0.3) is 33.3 Å². The third-order valence-corrected chi connectivity index (χ3v) is 5.64. The van der Waals surface area contributed by atoms with Crippen LogP contribution in [-0.4, -0.2) is 67.0 Å². The highest BCUT2D eigenvalue weighted by molar-refractivity contribution is 5.98. The Labute approximate surface area is 192 Å². The van der Waals surface area contributed by atoms with Crippen LogP contribution in [0, 0.1) is 5.82 Å². The predicted molar refractivity (Wildman–Crippen MR) is 129 cm³/mol. The van der Waals surface area contributed by atoms with Gasteiger partial charge in [0.1, 0.15) is 17.2 Å². The van der Waals surface area contributed by atoms with Gasteiger partial charge in [0, 0.05) is 60.2 Å². The number of para-hydroxylation sites is 1. The highest BCUT2D eigenvalue weighted by Gasteiger charge is 2.16. The Balaban J connectivity index is 1.73. The second kappa shape index (κ2) is 9.42. The van der Waals surface area contributed by atoms with E-state index in [1.165, 1.54) is 12.1 Å². The van der Waals surface area contributed by atoms with E-state index in [1.807, 2.05) is 55.5 Å². The molecule has 0 saturated carbocycles. The standard InChI is InChI=1S/C26H27FN4O2/c1-30(2)9-10-31(3)26(32)18-11-17(12-20(27)13-18)19-14-22-23(16-29-25(22)28-15-19)21-7-5-6-8-24(21)33-4/h5-8,11-16H,9-10H2,1-4H3,(H,28,29). The molecule has 0 spiro atoms. The molecule has 0 bridgehead atoms. The fourth-order valence-electron chi connectivity index (χ4n) is 3.80. The average molecular weight is 447 g/mol. The fraction of sp³-hybridized carbons (Fsp3) is 0.231. The number of aromatic amines is 1. The Hall–Kier alpha value is -3.71. The summed E-state index contributed by atoms with van der Waals surface area (Å²) in [6.07, 6.45) is 3.57. The topological polar surface area (TPSA) is 61.5 Å². The van der Waals surface area contributed by atoms with E-state index in [1.54, 1.807) is 31.3 Å². The van der Waals surface area contributed by atoms with Crippen LogP contribution in [0.2, 0.25) is 0 Å². The Kier molecular flexibility index (Phi) is 6.42. The Morgan fingerprint density at radius 2 is 1.82 bits per heavy atom. The molecule has 0 fully saturated rings. The molecular formula is C26H27FN4O2. The number of hydrogen-bond donors (Lipinski definition) is 1. The molecule has 4 aromatic rings. The van der Waals surface area contributed by atoms with Crippen molar-refractivity contribution in [2.45, 2.75) is 0 Å². The number of carbonyl (C=O) groups excluding carboxylic acids is 1. The molecule has 0 aliphatic heterocycles. The van der Waals surface area contributed by atoms with Gasteiger partial charge in [0.05, 0.1) is 7.11 Å². The van der Waals surface area contributed by atoms with Crippen LogP contribution in [0.5, 0.6) is 5.75 Å². The highest BCUT2D eigenvalue weighted by atomic mass is 19.1. The second-order valence-corrected chi connectivity index (χ2v) is 8.28. The van der Waals surface area contributed by atoms with E-state index in [2.05, 4.69) is 9.97 Å². The number of carbonyl (C=O) groups is 1. The van der Waals surface area contributed by atoms with Crippen molar-refractivity contribution in [3.05, 3.63) is 72.3 Å². The number of hydrogen-bond acceptors (Lipinski definition) is 4. The highest BCUT2D eigenvalue weighted by Crippen LogP contribution is 2.36. The van der Waals surface area contributed by atoms with E-state index >= 15 is 0 Å². The van der Waals surface area contributed by atoms with Gasteiger partial charge in [0.15, 0.2) is 0 Å². The Bertz CT molecular complexity index is 1300. The van der Waals surface area contributed by atoms with Crippen LogP contribution >= 0.6 is 0 Å². The lowest BCUT2D eigenvalue weighted by atomic mass is 10.00. The maximum Gasteiger partial charge on any atom is 0.253 e. The molecule has 0 unspecified atom stereocenters. The van der Waals surface area contributed by atoms with Crippen molar-refractivity contribution < 1.29 is 13.9 Å². The Morgan fingerprint density at radius 3 is 2.58 bits per heavy atom. The van der Waals surface area contributed by atoms with Gasteiger partial charge in [0.25, 0.3) is 5.91 Å². The zero-order chi connectivity index (χ0) is 23.5. The minimum atomic E-state index is -0.462. The van der Waals surface area contributed by atoms with E-state index < -0.39 is 5.82 Å². The summed E-state index contributed by atoms with van der Waals surface area (Å²) >= 11 is 0. The predicted octanol–water partition coefficient (Wildman–Crippen LogP) is 4.68. The lowest BCUT2D eigenvalue weighted by Gasteiger charge is -2.20. The number of likely N-dealkylation sites (N-methyl/N-ethyl adjacent to an activating group) is 2. The maximum atomic E-state index is 14.5. The first-order valence-corrected chi connectivity index (χ1v) is 10.7. The molecular weight excluding hydrogens is 419 g/mol. The summed E-state index contributed by atoms with van der Waals surface area (Å²) in [5.74, 6) is 0.0715. The van der Waals surface area contributed by atoms with Crippen molar-refractivity contribution in [2.75, 3.05) is 41.3 Å². The second-order valence-electron chi connectivity index (χ2n) is 8.28. The van der Waals surface area contributed by atoms with Crippen LogP contribution in [0.15, 0.2) is 60.9 Å². The number of methoxy groups -OCH3 is 1. The SMILES string of the molecule is COc1ccccc1-c1c[nH]c2ncc(-c3cc(F)cc(C(=O)N(C)CCN(C)C)c3)cc12. The Morgan fingerprint density at radius 1 is 1.03 bits per heavy atom. The van der Waals surface area contributed by atoms with Gasteiger partial charge in [-0.15, -0.1) is 0 Å². The lowest BCUT2D eigenvalue weighted by molar-refractivity contribution is 0.0786. The van der Waals surface area contributed by atoms with Crippen LogP contribution in [-0.2, 0) is 0 Å². The largest absolute Gasteiger partial charge is 0.496 e. The van der Waals surface area contributed by atoms with Crippen LogP contribution in [0.3, 0.4) is 0 Å². The number of fused-ring (bicyclic) bond motifs is 1. The normalized spacial score (nSPS) is 11.2. The minimum absolute atomic E-state index is 0.219. The van der Waals surface area contributed by atoms with E-state index in [4.69, 9.17) is 4.74 Å². The van der Waals surface area contributed by atoms with E-state index in [9.17, 15) is 9.18 Å². The molecule has 7 heteroatoms. The number of rotatable bonds is 7. The van der Waals surface area contributed by atoms with Gasteiger partial charge < -0.3 is 19.5 Å². The maximum absolute atomic E-state index is 14.5. The van der Waals surface area contributed by atoms with Gasteiger partial charge >= 0.3 is 0 Å². The average Bonchev–Trinajstić information content (AvgIpc) is 3.24. The van der Waals surface area contributed by atoms with Crippen LogP contribution < -0.4 is 4.74 Å². The molecule has 33 heavy (non-hydrogen) atoms. The zero-order valence-electron chi connectivity index (χ0n) is 19.2. The van der Waals surface area contributed by atoms with Gasteiger partial charge in [0.2, 0.25) is 0 Å². The van der Waals surface area contributed by atoms with E-state index in [0.717, 1.165) is 40.0 Å². The van der Waals surface area contributed by atoms with Crippen molar-refractivity contribution >= 4 is 16.9 Å². The number of ether oxygens (including phenoxy) is 1. The molecule has 0 aliphatic carbocycles. The number of nitrogens with one attached hydrogen (secondary N) is 1. The first-order chi connectivity index (χ1) is 15.9. The molecule has 2 heterocycles. The monoisotopic (exact) mass is 446 g/mol. The first-order valence-electron chi connectivity index (χ1n) is 10.7. The molecule has 1 N–H and O–H groups in total. The summed E-state index contributed by atoms with van der Waals surface area (Å²) in [5.41, 5.74) is 4.22. The molecule has 0 aliphatic rings. The third-order valence-electron chi connectivity index (χ3n) is 5.64. The molecule has 6 nitrogen and oxygen atoms in total. The first kappa shape index (κ1) is 22.5. The number of benzene rings is 2. The number of nitrogens with zero attached hydrogens (tertiary/aromatic N) is 3. The van der Waals surface area contributed by atoms with Gasteiger partial charge in [-0.3, -0.25) is 4.79 Å². The smallest absolute Gasteiger partial charge is 0.253 e. The summed E-state index contributed by atoms with van der Waals surface area (Å²) in [6, 6.07) is 14.1. The van der Waals surface area contributed by atoms with Crippen molar-refractivity contribution in [3.63, 3.8) is 0 Å². The molecule has 0 saturated heterocycles. The van der Waals surface area contributed by atoms with Crippen molar-refractivity contribution in [2.24, 2.45) is 0 Å². The summed E-state index contributed by atoms with van der Waals surface area (Å²) in [7, 11) is 7.26. The summed E-state index contributed by atoms with van der Waals surface area (Å²) in [5, 5.41) is 0.886. The molecule has 2 aromatic carbocycles. The summed E-state index contributed by atoms with van der Waals surface area (Å²) in [6.45, 7) is 1.28. The number of amides is 1. The number of H-pyrrole nitrogens is 1. The van der Waals surface area contributed by atoms with E-state index in [0.29, 0.717) is 17.7 Å². The van der Waals surface area contributed by atoms with Gasteiger partial charge in [-0.05, 0) is 50.0 Å². The molecule has 170 valence electrons. The molecule has 2 aromatic heterocycles. The summed E-state index contributed by atoms with van der Waals surface area (Å²) < 4.78 is 20.0. The van der Waals surface area contributed by atoms with Crippen LogP contribution in [0.1, 0.15) is 10.4 Å². The van der Waals surface area contributed by atoms with Crippen LogP contribution in [0.4, 0.5) is 4.39 Å². The van der Waals surface area contributed by atoms with Crippen molar-refractivity contribution in [1.29, 1.82) is 0 Å². The molecule has 0 radical (unpaired) electrons. The molecule has 1 amide bonds. The van der Waals surface area contributed by atoms with E-state index in [-0.39, 0.29) is 5.91 Å². The molecule has 0 atom stereocenters. The fourth-order valence-corrected chi connectivity index (χ4v) is 3.80. The number of halogens is 1. The quantitative estimate of drug-likeness (QED) is 0.448. The summed E-state index contributed by atoms with van der Waals surface area (Å²) in [4.78, 5) is 24.2. The third kappa shape index (κ3) is 4.73. The molecule has 4 rings (SSSR count). The number of aromatic nitrogens is 2. The van der Waals surface area contributed by atoms with Gasteiger partial charge in [-0.2, -0.15) is 0 Å².